The van der Waals surface area contributed by atoms with E-state index in [-0.39, 0.29) is 41.6 Å². The molecule has 2 heterocycles. The molecule has 0 saturated carbocycles. The lowest BCUT2D eigenvalue weighted by Crippen LogP contribution is -2.47. The summed E-state index contributed by atoms with van der Waals surface area (Å²) in [5, 5.41) is 21.1. The number of methoxy groups -OCH3 is 1. The van der Waals surface area contributed by atoms with Crippen LogP contribution in [-0.4, -0.2) is 70.9 Å². The quantitative estimate of drug-likeness (QED) is 0.333. The van der Waals surface area contributed by atoms with Crippen LogP contribution in [0.3, 0.4) is 0 Å². The Morgan fingerprint density at radius 3 is 2.49 bits per heavy atom. The van der Waals surface area contributed by atoms with E-state index in [9.17, 15) is 27.5 Å². The van der Waals surface area contributed by atoms with Gasteiger partial charge in [-0.25, -0.2) is 14.4 Å². The van der Waals surface area contributed by atoms with E-state index < -0.39 is 54.2 Å². The van der Waals surface area contributed by atoms with Crippen molar-refractivity contribution in [3.63, 3.8) is 0 Å². The van der Waals surface area contributed by atoms with Crippen molar-refractivity contribution >= 4 is 11.6 Å². The molecule has 1 saturated heterocycles. The first kappa shape index (κ1) is 28.7. The predicted octanol–water partition coefficient (Wildman–Crippen LogP) is 3.05. The highest BCUT2D eigenvalue weighted by molar-refractivity contribution is 5.95. The Labute approximate surface area is 210 Å². The number of rotatable bonds is 9. The van der Waals surface area contributed by atoms with Crippen LogP contribution >= 0.6 is 0 Å². The van der Waals surface area contributed by atoms with E-state index in [0.29, 0.717) is 0 Å². The first-order valence-electron chi connectivity index (χ1n) is 11.4. The summed E-state index contributed by atoms with van der Waals surface area (Å²) >= 11 is 0. The Bertz CT molecular complexity index is 1100. The third-order valence-corrected chi connectivity index (χ3v) is 6.60. The van der Waals surface area contributed by atoms with E-state index in [2.05, 4.69) is 15.3 Å². The fourth-order valence-electron chi connectivity index (χ4n) is 4.26. The topological polar surface area (TPSA) is 123 Å². The van der Waals surface area contributed by atoms with Crippen molar-refractivity contribution in [3.8, 4) is 5.75 Å². The minimum absolute atomic E-state index is 0.00648. The molecule has 5 unspecified atom stereocenters. The number of ether oxygens (including phenoxy) is 3. The first-order valence-corrected chi connectivity index (χ1v) is 11.4. The molecule has 0 spiro atoms. The zero-order chi connectivity index (χ0) is 27.5. The van der Waals surface area contributed by atoms with Gasteiger partial charge in [-0.3, -0.25) is 4.79 Å². The highest BCUT2D eigenvalue weighted by Crippen LogP contribution is 2.55. The maximum atomic E-state index is 14.4. The van der Waals surface area contributed by atoms with Crippen molar-refractivity contribution in [2.75, 3.05) is 32.2 Å². The second-order valence-electron chi connectivity index (χ2n) is 8.91. The molecular formula is C24H29F4N3O6. The van der Waals surface area contributed by atoms with Crippen molar-refractivity contribution in [1.29, 1.82) is 0 Å². The van der Waals surface area contributed by atoms with Crippen LogP contribution in [0.1, 0.15) is 42.8 Å². The normalized spacial score (nSPS) is 24.6. The number of carbonyl (C=O) groups excluding carboxylic acids is 1. The van der Waals surface area contributed by atoms with Crippen LogP contribution in [0.5, 0.6) is 5.75 Å². The third-order valence-electron chi connectivity index (χ3n) is 6.60. The summed E-state index contributed by atoms with van der Waals surface area (Å²) in [6, 6.07) is 2.41. The van der Waals surface area contributed by atoms with Crippen molar-refractivity contribution in [2.24, 2.45) is 5.92 Å². The molecule has 0 radical (unpaired) electrons. The van der Waals surface area contributed by atoms with Gasteiger partial charge in [0.1, 0.15) is 30.4 Å². The van der Waals surface area contributed by atoms with Gasteiger partial charge in [-0.05, 0) is 19.9 Å². The standard InChI is InChI=1S/C24H29F4N3O6/c1-12-16(25)6-5-15(19(12)36-8-7-35-4)18-13(2)23(3,24(26,27)28)37-20(18)22(34)31-14-9-29-21(30-10-14)17(33)11-32/h5-6,9-10,13,17-18,20,32-33H,7-8,11H2,1-4H3,(H,31,34). The number of alkyl halides is 3. The number of carbonyl (C=O) groups is 1. The zero-order valence-corrected chi connectivity index (χ0v) is 20.7. The van der Waals surface area contributed by atoms with E-state index in [4.69, 9.17) is 19.3 Å². The summed E-state index contributed by atoms with van der Waals surface area (Å²) in [5.41, 5.74) is -2.40. The predicted molar refractivity (Wildman–Crippen MR) is 122 cm³/mol. The van der Waals surface area contributed by atoms with Gasteiger partial charge in [0.2, 0.25) is 0 Å². The number of aliphatic hydroxyl groups excluding tert-OH is 2. The van der Waals surface area contributed by atoms with Crippen molar-refractivity contribution in [3.05, 3.63) is 47.3 Å². The number of hydrogen-bond acceptors (Lipinski definition) is 8. The van der Waals surface area contributed by atoms with Gasteiger partial charge >= 0.3 is 6.18 Å². The Kier molecular flexibility index (Phi) is 8.73. The molecule has 37 heavy (non-hydrogen) atoms. The van der Waals surface area contributed by atoms with Gasteiger partial charge < -0.3 is 29.7 Å². The van der Waals surface area contributed by atoms with Gasteiger partial charge in [-0.15, -0.1) is 0 Å². The molecule has 1 fully saturated rings. The van der Waals surface area contributed by atoms with Crippen LogP contribution in [-0.2, 0) is 14.3 Å². The van der Waals surface area contributed by atoms with E-state index >= 15 is 0 Å². The second kappa shape index (κ2) is 11.3. The molecule has 13 heteroatoms. The van der Waals surface area contributed by atoms with Gasteiger partial charge in [0.05, 0.1) is 31.3 Å². The number of nitrogens with one attached hydrogen (secondary N) is 1. The molecule has 1 aromatic heterocycles. The summed E-state index contributed by atoms with van der Waals surface area (Å²) < 4.78 is 73.0. The highest BCUT2D eigenvalue weighted by atomic mass is 19.4. The molecule has 1 aliphatic heterocycles. The lowest BCUT2D eigenvalue weighted by molar-refractivity contribution is -0.272. The molecule has 0 aliphatic carbocycles. The van der Waals surface area contributed by atoms with Crippen molar-refractivity contribution in [2.45, 2.75) is 50.7 Å². The van der Waals surface area contributed by atoms with Crippen LogP contribution in [0.25, 0.3) is 0 Å². The van der Waals surface area contributed by atoms with Crippen LogP contribution in [0, 0.1) is 18.7 Å². The molecule has 204 valence electrons. The first-order chi connectivity index (χ1) is 17.4. The fourth-order valence-corrected chi connectivity index (χ4v) is 4.26. The van der Waals surface area contributed by atoms with Gasteiger partial charge in [0.25, 0.3) is 5.91 Å². The molecule has 3 rings (SSSR count). The lowest BCUT2D eigenvalue weighted by atomic mass is 9.76. The number of hydrogen-bond donors (Lipinski definition) is 3. The highest BCUT2D eigenvalue weighted by Gasteiger charge is 2.65. The fraction of sp³-hybridized carbons (Fsp3) is 0.542. The Balaban J connectivity index is 2.02. The monoisotopic (exact) mass is 531 g/mol. The Morgan fingerprint density at radius 1 is 1.27 bits per heavy atom. The number of nitrogens with zero attached hydrogens (tertiary/aromatic N) is 2. The van der Waals surface area contributed by atoms with E-state index in [0.717, 1.165) is 25.4 Å². The molecule has 9 nitrogen and oxygen atoms in total. The molecular weight excluding hydrogens is 502 g/mol. The largest absolute Gasteiger partial charge is 0.491 e. The number of aromatic nitrogens is 2. The van der Waals surface area contributed by atoms with Gasteiger partial charge in [0.15, 0.2) is 11.4 Å². The maximum Gasteiger partial charge on any atom is 0.417 e. The summed E-state index contributed by atoms with van der Waals surface area (Å²) in [5.74, 6) is -4.05. The molecule has 2 aromatic rings. The summed E-state index contributed by atoms with van der Waals surface area (Å²) in [6.45, 7) is 3.15. The van der Waals surface area contributed by atoms with E-state index in [1.54, 1.807) is 0 Å². The summed E-state index contributed by atoms with van der Waals surface area (Å²) in [7, 11) is 1.44. The maximum absolute atomic E-state index is 14.4. The summed E-state index contributed by atoms with van der Waals surface area (Å²) in [4.78, 5) is 20.9. The van der Waals surface area contributed by atoms with Crippen LogP contribution in [0.2, 0.25) is 0 Å². The second-order valence-corrected chi connectivity index (χ2v) is 8.91. The third kappa shape index (κ3) is 5.69. The number of benzene rings is 1. The number of halogens is 4. The molecule has 0 bridgehead atoms. The SMILES string of the molecule is COCCOc1c(C2C(C(=O)Nc3cnc(C(O)CO)nc3)OC(C)(C(F)(F)F)C2C)ccc(F)c1C. The van der Waals surface area contributed by atoms with E-state index in [1.165, 1.54) is 27.0 Å². The minimum atomic E-state index is -4.82. The van der Waals surface area contributed by atoms with Crippen LogP contribution in [0.15, 0.2) is 24.5 Å². The minimum Gasteiger partial charge on any atom is -0.491 e. The molecule has 1 amide bonds. The molecule has 1 aliphatic rings. The molecule has 3 N–H and O–H groups in total. The van der Waals surface area contributed by atoms with Crippen LogP contribution < -0.4 is 10.1 Å². The smallest absolute Gasteiger partial charge is 0.417 e. The van der Waals surface area contributed by atoms with Crippen LogP contribution in [0.4, 0.5) is 23.2 Å². The van der Waals surface area contributed by atoms with Gasteiger partial charge in [-0.1, -0.05) is 13.0 Å². The van der Waals surface area contributed by atoms with Crippen molar-refractivity contribution < 1.29 is 46.8 Å². The van der Waals surface area contributed by atoms with E-state index in [1.807, 2.05) is 0 Å². The zero-order valence-electron chi connectivity index (χ0n) is 20.7. The lowest BCUT2D eigenvalue weighted by Gasteiger charge is -2.32. The van der Waals surface area contributed by atoms with Gasteiger partial charge in [-0.2, -0.15) is 13.2 Å². The van der Waals surface area contributed by atoms with Gasteiger partial charge in [0, 0.05) is 30.1 Å². The number of amides is 1. The number of aliphatic hydroxyl groups is 2. The average molecular weight is 532 g/mol. The Morgan fingerprint density at radius 2 is 1.92 bits per heavy atom. The average Bonchev–Trinajstić information content (AvgIpc) is 3.13. The molecule has 5 atom stereocenters. The van der Waals surface area contributed by atoms with Crippen molar-refractivity contribution in [1.82, 2.24) is 9.97 Å². The Hall–Kier alpha value is -2.87. The number of anilines is 1. The summed E-state index contributed by atoms with van der Waals surface area (Å²) in [6.07, 6.45) is -5.53. The molecule has 1 aromatic carbocycles.